The van der Waals surface area contributed by atoms with Gasteiger partial charge in [-0.05, 0) is 42.0 Å². The first-order valence-electron chi connectivity index (χ1n) is 9.39. The van der Waals surface area contributed by atoms with E-state index in [9.17, 15) is 10.1 Å². The Hall–Kier alpha value is -4.21. The summed E-state index contributed by atoms with van der Waals surface area (Å²) in [6.07, 6.45) is 1.67. The van der Waals surface area contributed by atoms with Crippen LogP contribution in [-0.2, 0) is 0 Å². The van der Waals surface area contributed by atoms with Crippen LogP contribution < -0.4 is 5.56 Å². The Morgan fingerprint density at radius 1 is 1.03 bits per heavy atom. The highest BCUT2D eigenvalue weighted by atomic mass is 35.5. The number of nitrogens with one attached hydrogen (secondary N) is 1. The molecule has 7 heteroatoms. The van der Waals surface area contributed by atoms with Gasteiger partial charge in [0.1, 0.15) is 11.6 Å². The largest absolute Gasteiger partial charge is 0.355 e. The maximum absolute atomic E-state index is 12.5. The van der Waals surface area contributed by atoms with Crippen LogP contribution in [0.3, 0.4) is 0 Å². The van der Waals surface area contributed by atoms with Crippen molar-refractivity contribution in [2.45, 2.75) is 0 Å². The van der Waals surface area contributed by atoms with E-state index < -0.39 is 0 Å². The van der Waals surface area contributed by atoms with Crippen LogP contribution in [0.1, 0.15) is 11.4 Å². The zero-order valence-corrected chi connectivity index (χ0v) is 16.7. The van der Waals surface area contributed by atoms with E-state index in [4.69, 9.17) is 16.1 Å². The molecule has 0 aliphatic rings. The molecule has 0 unspecified atom stereocenters. The fourth-order valence-electron chi connectivity index (χ4n) is 3.41. The van der Waals surface area contributed by atoms with Crippen molar-refractivity contribution in [1.29, 1.82) is 5.26 Å². The Morgan fingerprint density at radius 2 is 1.84 bits per heavy atom. The molecule has 2 aromatic heterocycles. The standard InChI is InChI=1S/C24H13ClN4O2/c25-17-7-9-20-19(12-17)24(30)28-23(27-20)16(13-26)10-14-6-8-21-18(11-14)22(31-29-21)15-4-2-1-3-5-15/h1-12H,(H,27,28,30)/b16-10+. The molecule has 6 nitrogen and oxygen atoms in total. The number of nitrogens with zero attached hydrogens (tertiary/aromatic N) is 3. The van der Waals surface area contributed by atoms with Gasteiger partial charge >= 0.3 is 0 Å². The Morgan fingerprint density at radius 3 is 2.65 bits per heavy atom. The lowest BCUT2D eigenvalue weighted by atomic mass is 10.0. The molecule has 1 N–H and O–H groups in total. The third-order valence-corrected chi connectivity index (χ3v) is 5.13. The lowest BCUT2D eigenvalue weighted by Crippen LogP contribution is -2.11. The SMILES string of the molecule is N#C/C(=C\c1ccc2noc(-c3ccccc3)c2c1)c1nc2ccc(Cl)cc2c(=O)[nH]1. The van der Waals surface area contributed by atoms with E-state index in [0.29, 0.717) is 27.2 Å². The van der Waals surface area contributed by atoms with Gasteiger partial charge in [0.25, 0.3) is 5.56 Å². The smallest absolute Gasteiger partial charge is 0.259 e. The first kappa shape index (κ1) is 18.8. The molecule has 0 aliphatic heterocycles. The topological polar surface area (TPSA) is 95.6 Å². The highest BCUT2D eigenvalue weighted by Crippen LogP contribution is 2.30. The number of aromatic nitrogens is 3. The van der Waals surface area contributed by atoms with Gasteiger partial charge in [0, 0.05) is 10.6 Å². The summed E-state index contributed by atoms with van der Waals surface area (Å²) in [7, 11) is 0. The Balaban J connectivity index is 1.62. The van der Waals surface area contributed by atoms with Crippen LogP contribution in [0.15, 0.2) is 76.0 Å². The predicted molar refractivity (Wildman–Crippen MR) is 120 cm³/mol. The molecule has 0 aliphatic carbocycles. The number of fused-ring (bicyclic) bond motifs is 2. The monoisotopic (exact) mass is 424 g/mol. The van der Waals surface area contributed by atoms with E-state index in [1.807, 2.05) is 48.5 Å². The van der Waals surface area contributed by atoms with Crippen molar-refractivity contribution < 1.29 is 4.52 Å². The summed E-state index contributed by atoms with van der Waals surface area (Å²) in [6, 6.07) is 22.2. The molecule has 3 aromatic carbocycles. The molecule has 5 aromatic rings. The lowest BCUT2D eigenvalue weighted by molar-refractivity contribution is 0.441. The van der Waals surface area contributed by atoms with E-state index in [1.165, 1.54) is 0 Å². The third-order valence-electron chi connectivity index (χ3n) is 4.89. The maximum Gasteiger partial charge on any atom is 0.259 e. The van der Waals surface area contributed by atoms with Gasteiger partial charge in [-0.15, -0.1) is 0 Å². The molecule has 0 saturated heterocycles. The zero-order chi connectivity index (χ0) is 21.4. The number of hydrogen-bond acceptors (Lipinski definition) is 5. The molecular weight excluding hydrogens is 412 g/mol. The molecule has 0 bridgehead atoms. The summed E-state index contributed by atoms with van der Waals surface area (Å²) < 4.78 is 5.54. The maximum atomic E-state index is 12.5. The molecular formula is C24H13ClN4O2. The van der Waals surface area contributed by atoms with E-state index in [-0.39, 0.29) is 17.0 Å². The Labute approximate surface area is 181 Å². The van der Waals surface area contributed by atoms with Crippen LogP contribution in [0.2, 0.25) is 5.02 Å². The lowest BCUT2D eigenvalue weighted by Gasteiger charge is -2.03. The number of benzene rings is 3. The van der Waals surface area contributed by atoms with E-state index in [1.54, 1.807) is 24.3 Å². The summed E-state index contributed by atoms with van der Waals surface area (Å²) in [5.74, 6) is 0.842. The minimum absolute atomic E-state index is 0.191. The van der Waals surface area contributed by atoms with Crippen molar-refractivity contribution in [3.05, 3.63) is 93.5 Å². The van der Waals surface area contributed by atoms with Gasteiger partial charge in [0.15, 0.2) is 11.6 Å². The van der Waals surface area contributed by atoms with E-state index in [2.05, 4.69) is 21.2 Å². The molecule has 2 heterocycles. The normalized spacial score (nSPS) is 11.7. The highest BCUT2D eigenvalue weighted by Gasteiger charge is 2.12. The predicted octanol–water partition coefficient (Wildman–Crippen LogP) is 5.45. The van der Waals surface area contributed by atoms with E-state index >= 15 is 0 Å². The third kappa shape index (κ3) is 3.48. The quantitative estimate of drug-likeness (QED) is 0.388. The molecule has 0 spiro atoms. The van der Waals surface area contributed by atoms with Crippen molar-refractivity contribution in [2.75, 3.05) is 0 Å². The fraction of sp³-hybridized carbons (Fsp3) is 0. The summed E-state index contributed by atoms with van der Waals surface area (Å²) in [4.78, 5) is 19.6. The second-order valence-electron chi connectivity index (χ2n) is 6.90. The molecule has 5 rings (SSSR count). The average Bonchev–Trinajstić information content (AvgIpc) is 3.21. The minimum Gasteiger partial charge on any atom is -0.355 e. The van der Waals surface area contributed by atoms with Crippen LogP contribution in [0.4, 0.5) is 0 Å². The Bertz CT molecular complexity index is 1580. The molecule has 0 saturated carbocycles. The van der Waals surface area contributed by atoms with Crippen molar-refractivity contribution in [2.24, 2.45) is 0 Å². The van der Waals surface area contributed by atoms with Crippen LogP contribution in [0.25, 0.3) is 44.8 Å². The second-order valence-corrected chi connectivity index (χ2v) is 7.34. The van der Waals surface area contributed by atoms with Gasteiger partial charge < -0.3 is 9.51 Å². The minimum atomic E-state index is -0.357. The van der Waals surface area contributed by atoms with Crippen molar-refractivity contribution in [3.63, 3.8) is 0 Å². The van der Waals surface area contributed by atoms with Gasteiger partial charge in [-0.1, -0.05) is 53.2 Å². The van der Waals surface area contributed by atoms with Crippen molar-refractivity contribution in [1.82, 2.24) is 15.1 Å². The summed E-state index contributed by atoms with van der Waals surface area (Å²) in [5, 5.41) is 15.5. The number of rotatable bonds is 3. The van der Waals surface area contributed by atoms with Gasteiger partial charge in [-0.25, -0.2) is 4.98 Å². The first-order chi connectivity index (χ1) is 15.1. The number of hydrogen-bond donors (Lipinski definition) is 1. The van der Waals surface area contributed by atoms with Gasteiger partial charge in [0.2, 0.25) is 0 Å². The van der Waals surface area contributed by atoms with E-state index in [0.717, 1.165) is 16.5 Å². The van der Waals surface area contributed by atoms with Crippen LogP contribution in [-0.4, -0.2) is 15.1 Å². The number of halogens is 1. The summed E-state index contributed by atoms with van der Waals surface area (Å²) in [5.41, 5.74) is 2.71. The van der Waals surface area contributed by atoms with Gasteiger partial charge in [0.05, 0.1) is 21.9 Å². The summed E-state index contributed by atoms with van der Waals surface area (Å²) in [6.45, 7) is 0. The summed E-state index contributed by atoms with van der Waals surface area (Å²) >= 11 is 5.97. The molecule has 31 heavy (non-hydrogen) atoms. The fourth-order valence-corrected chi connectivity index (χ4v) is 3.58. The van der Waals surface area contributed by atoms with Gasteiger partial charge in [-0.3, -0.25) is 4.79 Å². The second kappa shape index (κ2) is 7.56. The van der Waals surface area contributed by atoms with Crippen LogP contribution in [0, 0.1) is 11.3 Å². The number of aromatic amines is 1. The molecule has 148 valence electrons. The van der Waals surface area contributed by atoms with Crippen molar-refractivity contribution >= 4 is 45.1 Å². The number of H-pyrrole nitrogens is 1. The number of allylic oxidation sites excluding steroid dienone is 1. The Kier molecular flexibility index (Phi) is 4.58. The number of nitriles is 1. The molecule has 0 fully saturated rings. The van der Waals surface area contributed by atoms with Crippen LogP contribution in [0.5, 0.6) is 0 Å². The first-order valence-corrected chi connectivity index (χ1v) is 9.77. The van der Waals surface area contributed by atoms with Crippen LogP contribution >= 0.6 is 11.6 Å². The van der Waals surface area contributed by atoms with Crippen molar-refractivity contribution in [3.8, 4) is 17.4 Å². The molecule has 0 amide bonds. The average molecular weight is 425 g/mol. The molecule has 0 radical (unpaired) electrons. The molecule has 0 atom stereocenters. The van der Waals surface area contributed by atoms with Gasteiger partial charge in [-0.2, -0.15) is 5.26 Å². The highest BCUT2D eigenvalue weighted by molar-refractivity contribution is 6.31. The zero-order valence-electron chi connectivity index (χ0n) is 16.0.